The third kappa shape index (κ3) is 4.96. The number of ether oxygens (including phenoxy) is 3. The number of carbonyl (C=O) groups excluding carboxylic acids is 3. The van der Waals surface area contributed by atoms with Crippen LogP contribution < -0.4 is 0 Å². The van der Waals surface area contributed by atoms with Crippen molar-refractivity contribution in [2.75, 3.05) is 32.9 Å². The van der Waals surface area contributed by atoms with Crippen LogP contribution in [0.5, 0.6) is 0 Å². The molecule has 1 aliphatic carbocycles. The van der Waals surface area contributed by atoms with Gasteiger partial charge in [0.25, 0.3) is 0 Å². The first-order valence-corrected chi connectivity index (χ1v) is 14.1. The minimum atomic E-state index is -0.416. The van der Waals surface area contributed by atoms with Crippen LogP contribution in [0.2, 0.25) is 0 Å². The second kappa shape index (κ2) is 11.2. The van der Waals surface area contributed by atoms with Gasteiger partial charge in [-0.05, 0) is 49.5 Å². The molecule has 41 heavy (non-hydrogen) atoms. The predicted octanol–water partition coefficient (Wildman–Crippen LogP) is 6.07. The van der Waals surface area contributed by atoms with Gasteiger partial charge in [-0.1, -0.05) is 54.1 Å². The molecule has 2 saturated heterocycles. The Morgan fingerprint density at radius 2 is 1.71 bits per heavy atom. The number of hydrogen-bond acceptors (Lipinski definition) is 6. The molecule has 0 unspecified atom stereocenters. The number of aryl methyl sites for hydroxylation is 1. The number of amides is 2. The normalized spacial score (nSPS) is 21.6. The SMILES string of the molecule is CCOC(=O)n1c2c(c3ccccc31)C/C(=C/N1CCOC1=O)[C@@H](c1ccc(C)cc1)[C@@H]2C/C=C/N1CCOC1=O. The van der Waals surface area contributed by atoms with E-state index in [2.05, 4.69) is 24.3 Å². The zero-order chi connectivity index (χ0) is 28.5. The highest BCUT2D eigenvalue weighted by Gasteiger charge is 2.40. The first-order chi connectivity index (χ1) is 20.0. The molecule has 2 fully saturated rings. The van der Waals surface area contributed by atoms with Crippen LogP contribution in [0, 0.1) is 6.92 Å². The first-order valence-electron chi connectivity index (χ1n) is 14.1. The number of cyclic esters (lactones) is 2. The van der Waals surface area contributed by atoms with Crippen LogP contribution in [0.4, 0.5) is 14.4 Å². The highest BCUT2D eigenvalue weighted by Crippen LogP contribution is 2.50. The molecular weight excluding hydrogens is 522 g/mol. The largest absolute Gasteiger partial charge is 0.449 e. The molecule has 0 bridgehead atoms. The van der Waals surface area contributed by atoms with Crippen LogP contribution in [0.25, 0.3) is 10.9 Å². The third-order valence-corrected chi connectivity index (χ3v) is 8.02. The maximum absolute atomic E-state index is 13.5. The van der Waals surface area contributed by atoms with Crippen molar-refractivity contribution in [2.24, 2.45) is 0 Å². The molecule has 0 N–H and O–H groups in total. The molecule has 3 heterocycles. The number of fused-ring (bicyclic) bond motifs is 3. The van der Waals surface area contributed by atoms with Crippen molar-refractivity contribution >= 4 is 29.2 Å². The van der Waals surface area contributed by atoms with Crippen LogP contribution in [-0.4, -0.2) is 65.6 Å². The Balaban J connectivity index is 1.56. The van der Waals surface area contributed by atoms with E-state index >= 15 is 0 Å². The molecule has 1 aromatic heterocycles. The van der Waals surface area contributed by atoms with Crippen LogP contribution in [0.3, 0.4) is 0 Å². The molecule has 2 aliphatic heterocycles. The lowest BCUT2D eigenvalue weighted by Gasteiger charge is -2.36. The molecule has 2 atom stereocenters. The summed E-state index contributed by atoms with van der Waals surface area (Å²) < 4.78 is 17.6. The predicted molar refractivity (Wildman–Crippen MR) is 153 cm³/mol. The Kier molecular flexibility index (Phi) is 7.26. The quantitative estimate of drug-likeness (QED) is 0.343. The summed E-state index contributed by atoms with van der Waals surface area (Å²) in [5.74, 6) is -0.345. The van der Waals surface area contributed by atoms with Crippen molar-refractivity contribution in [3.8, 4) is 0 Å². The molecule has 0 saturated carbocycles. The molecule has 3 aromatic rings. The topological polar surface area (TPSA) is 90.3 Å². The van der Waals surface area contributed by atoms with Gasteiger partial charge in [-0.25, -0.2) is 19.0 Å². The fourth-order valence-electron chi connectivity index (χ4n) is 6.21. The van der Waals surface area contributed by atoms with E-state index in [0.29, 0.717) is 39.1 Å². The van der Waals surface area contributed by atoms with Crippen LogP contribution >= 0.6 is 0 Å². The van der Waals surface area contributed by atoms with Gasteiger partial charge in [0.05, 0.1) is 25.2 Å². The monoisotopic (exact) mass is 555 g/mol. The molecule has 0 radical (unpaired) electrons. The molecule has 6 rings (SSSR count). The first kappa shape index (κ1) is 26.7. The molecule has 0 spiro atoms. The van der Waals surface area contributed by atoms with Crippen molar-refractivity contribution in [1.29, 1.82) is 0 Å². The number of nitrogens with zero attached hydrogens (tertiary/aromatic N) is 3. The van der Waals surface area contributed by atoms with Crippen LogP contribution in [-0.2, 0) is 20.6 Å². The van der Waals surface area contributed by atoms with Gasteiger partial charge < -0.3 is 14.2 Å². The second-order valence-corrected chi connectivity index (χ2v) is 10.5. The van der Waals surface area contributed by atoms with Gasteiger partial charge in [-0.3, -0.25) is 9.80 Å². The summed E-state index contributed by atoms with van der Waals surface area (Å²) in [4.78, 5) is 41.4. The summed E-state index contributed by atoms with van der Waals surface area (Å²) in [7, 11) is 0. The molecule has 2 amide bonds. The fraction of sp³-hybridized carbons (Fsp3) is 0.344. The van der Waals surface area contributed by atoms with E-state index in [9.17, 15) is 14.4 Å². The third-order valence-electron chi connectivity index (χ3n) is 8.02. The van der Waals surface area contributed by atoms with Gasteiger partial charge in [0.1, 0.15) is 13.2 Å². The average Bonchev–Trinajstić information content (AvgIpc) is 3.66. The maximum atomic E-state index is 13.5. The number of hydrogen-bond donors (Lipinski definition) is 0. The second-order valence-electron chi connectivity index (χ2n) is 10.5. The molecular formula is C32H33N3O6. The van der Waals surface area contributed by atoms with Crippen molar-refractivity contribution in [3.63, 3.8) is 0 Å². The summed E-state index contributed by atoms with van der Waals surface area (Å²) >= 11 is 0. The van der Waals surface area contributed by atoms with Crippen LogP contribution in [0.1, 0.15) is 47.6 Å². The Bertz CT molecular complexity index is 1550. The lowest BCUT2D eigenvalue weighted by atomic mass is 9.70. The van der Waals surface area contributed by atoms with Gasteiger partial charge in [-0.2, -0.15) is 0 Å². The molecule has 9 nitrogen and oxygen atoms in total. The van der Waals surface area contributed by atoms with E-state index in [4.69, 9.17) is 14.2 Å². The summed E-state index contributed by atoms with van der Waals surface area (Å²) in [6.07, 6.45) is 5.64. The minimum Gasteiger partial charge on any atom is -0.449 e. The molecule has 9 heteroatoms. The lowest BCUT2D eigenvalue weighted by molar-refractivity contribution is 0.153. The van der Waals surface area contributed by atoms with E-state index in [1.165, 1.54) is 0 Å². The number of allylic oxidation sites excluding steroid dienone is 2. The number of rotatable bonds is 6. The average molecular weight is 556 g/mol. The smallest absolute Gasteiger partial charge is 0.418 e. The van der Waals surface area contributed by atoms with Gasteiger partial charge in [0, 0.05) is 35.3 Å². The Morgan fingerprint density at radius 3 is 2.39 bits per heavy atom. The van der Waals surface area contributed by atoms with E-state index in [1.807, 2.05) is 43.5 Å². The molecule has 212 valence electrons. The number of carbonyl (C=O) groups is 3. The number of benzene rings is 2. The van der Waals surface area contributed by atoms with Crippen LogP contribution in [0.15, 0.2) is 72.6 Å². The van der Waals surface area contributed by atoms with Gasteiger partial charge in [0.15, 0.2) is 0 Å². The number of aromatic nitrogens is 1. The van der Waals surface area contributed by atoms with Gasteiger partial charge in [0.2, 0.25) is 0 Å². The van der Waals surface area contributed by atoms with E-state index in [0.717, 1.165) is 38.9 Å². The van der Waals surface area contributed by atoms with Crippen molar-refractivity contribution in [2.45, 2.75) is 38.5 Å². The lowest BCUT2D eigenvalue weighted by Crippen LogP contribution is -2.28. The van der Waals surface area contributed by atoms with E-state index < -0.39 is 6.09 Å². The van der Waals surface area contributed by atoms with Crippen molar-refractivity contribution < 1.29 is 28.6 Å². The molecule has 2 aromatic carbocycles. The van der Waals surface area contributed by atoms with E-state index in [-0.39, 0.29) is 30.6 Å². The standard InChI is InChI=1S/C32H33N3O6/c1-3-39-32(38)35-27-9-5-4-7-24(27)26-19-23(20-34-16-18-41-31(34)37)28(22-12-10-21(2)11-13-22)25(29(26)35)8-6-14-33-15-17-40-30(33)36/h4-7,9-14,20,25,28H,3,8,15-19H2,1-2H3/b14-6+,23-20-/t25-,28+/m0/s1. The fourth-order valence-corrected chi connectivity index (χ4v) is 6.21. The summed E-state index contributed by atoms with van der Waals surface area (Å²) in [6.45, 7) is 5.80. The van der Waals surface area contributed by atoms with Crippen molar-refractivity contribution in [3.05, 3.63) is 95.0 Å². The van der Waals surface area contributed by atoms with Crippen molar-refractivity contribution in [1.82, 2.24) is 14.4 Å². The summed E-state index contributed by atoms with van der Waals surface area (Å²) in [6, 6.07) is 16.3. The number of para-hydroxylation sites is 1. The summed E-state index contributed by atoms with van der Waals surface area (Å²) in [5, 5.41) is 0.977. The Morgan fingerprint density at radius 1 is 1.00 bits per heavy atom. The Labute approximate surface area is 238 Å². The van der Waals surface area contributed by atoms with Gasteiger partial charge in [-0.15, -0.1) is 0 Å². The zero-order valence-corrected chi connectivity index (χ0v) is 23.2. The summed E-state index contributed by atoms with van der Waals surface area (Å²) in [5.41, 5.74) is 6.01. The Hall–Kier alpha value is -4.53. The minimum absolute atomic E-state index is 0.149. The van der Waals surface area contributed by atoms with E-state index in [1.54, 1.807) is 27.5 Å². The highest BCUT2D eigenvalue weighted by molar-refractivity contribution is 5.94. The van der Waals surface area contributed by atoms with Gasteiger partial charge >= 0.3 is 18.3 Å². The maximum Gasteiger partial charge on any atom is 0.418 e. The zero-order valence-electron chi connectivity index (χ0n) is 23.2. The molecule has 3 aliphatic rings. The highest BCUT2D eigenvalue weighted by atomic mass is 16.6.